The van der Waals surface area contributed by atoms with E-state index in [1.165, 1.54) is 63.4 Å². The first-order valence-electron chi connectivity index (χ1n) is 24.0. The van der Waals surface area contributed by atoms with Crippen LogP contribution in [0, 0.1) is 88.8 Å². The Labute approximate surface area is 352 Å². The van der Waals surface area contributed by atoms with Crippen molar-refractivity contribution >= 4 is 8.32 Å². The van der Waals surface area contributed by atoms with Gasteiger partial charge in [0.15, 0.2) is 8.32 Å². The molecule has 0 aromatic rings. The first-order valence-corrected chi connectivity index (χ1v) is 26.9. The summed E-state index contributed by atoms with van der Waals surface area (Å²) in [6.07, 6.45) is 55.6. The van der Waals surface area contributed by atoms with E-state index in [1.54, 1.807) is 16.7 Å². The maximum absolute atomic E-state index is 7.00. The summed E-state index contributed by atoms with van der Waals surface area (Å²) < 4.78 is 7.00. The lowest BCUT2D eigenvalue weighted by Crippen LogP contribution is -2.41. The molecule has 0 spiro atoms. The minimum Gasteiger partial charge on any atom is -0.413 e. The molecule has 15 unspecified atom stereocenters. The van der Waals surface area contributed by atoms with Crippen molar-refractivity contribution in [2.75, 3.05) is 6.61 Å². The van der Waals surface area contributed by atoms with Gasteiger partial charge in [-0.15, -0.1) is 0 Å². The Morgan fingerprint density at radius 1 is 0.603 bits per heavy atom. The number of allylic oxidation sites excluding steroid dienone is 22. The molecule has 304 valence electrons. The summed E-state index contributed by atoms with van der Waals surface area (Å²) in [5.41, 5.74) is 12.3. The highest BCUT2D eigenvalue weighted by atomic mass is 28.4. The molecule has 0 N–H and O–H groups in total. The molecule has 0 aliphatic heterocycles. The lowest BCUT2D eigenvalue weighted by Gasteiger charge is -2.38. The highest BCUT2D eigenvalue weighted by Crippen LogP contribution is 2.64. The Hall–Kier alpha value is -2.94. The minimum absolute atomic E-state index is 0.212. The van der Waals surface area contributed by atoms with Crippen LogP contribution in [0.1, 0.15) is 85.5 Å². The fourth-order valence-corrected chi connectivity index (χ4v) is 16.1. The zero-order valence-electron chi connectivity index (χ0n) is 36.5. The molecule has 0 amide bonds. The summed E-state index contributed by atoms with van der Waals surface area (Å²) in [5.74, 6) is 9.60. The van der Waals surface area contributed by atoms with Crippen LogP contribution in [0.25, 0.3) is 0 Å². The van der Waals surface area contributed by atoms with E-state index >= 15 is 0 Å². The first kappa shape index (κ1) is 38.0. The second-order valence-electron chi connectivity index (χ2n) is 22.4. The maximum Gasteiger partial charge on any atom is 0.192 e. The van der Waals surface area contributed by atoms with Gasteiger partial charge in [0.2, 0.25) is 0 Å². The molecule has 4 fully saturated rings. The van der Waals surface area contributed by atoms with Crippen LogP contribution in [0.2, 0.25) is 18.1 Å². The highest BCUT2D eigenvalue weighted by molar-refractivity contribution is 6.74. The summed E-state index contributed by atoms with van der Waals surface area (Å²) in [4.78, 5) is 0. The van der Waals surface area contributed by atoms with Gasteiger partial charge in [-0.2, -0.15) is 0 Å². The van der Waals surface area contributed by atoms with Gasteiger partial charge >= 0.3 is 0 Å². The van der Waals surface area contributed by atoms with Crippen LogP contribution in [0.4, 0.5) is 0 Å². The molecule has 1 nitrogen and oxygen atoms in total. The minimum atomic E-state index is -1.88. The second kappa shape index (κ2) is 14.3. The Kier molecular flexibility index (Phi) is 9.39. The van der Waals surface area contributed by atoms with Gasteiger partial charge in [-0.1, -0.05) is 148 Å². The van der Waals surface area contributed by atoms with Crippen molar-refractivity contribution in [2.45, 2.75) is 104 Å². The number of fused-ring (bicyclic) bond motifs is 11. The molecule has 58 heavy (non-hydrogen) atoms. The summed E-state index contributed by atoms with van der Waals surface area (Å²) in [6, 6.07) is 0. The van der Waals surface area contributed by atoms with Gasteiger partial charge in [0.05, 0.1) is 6.61 Å². The summed E-state index contributed by atoms with van der Waals surface area (Å²) in [5, 5.41) is 0.212. The van der Waals surface area contributed by atoms with E-state index in [-0.39, 0.29) is 5.04 Å². The van der Waals surface area contributed by atoms with Crippen LogP contribution in [0.5, 0.6) is 0 Å². The lowest BCUT2D eigenvalue weighted by atomic mass is 9.67. The Morgan fingerprint density at radius 3 is 1.97 bits per heavy atom. The van der Waals surface area contributed by atoms with Crippen LogP contribution >= 0.6 is 0 Å². The quantitative estimate of drug-likeness (QED) is 0.234. The molecular formula is C56H70OSi. The summed E-state index contributed by atoms with van der Waals surface area (Å²) in [7, 11) is -1.88. The molecule has 0 aromatic carbocycles. The average Bonchev–Trinajstić information content (AvgIpc) is 3.98. The zero-order valence-corrected chi connectivity index (χ0v) is 37.5. The van der Waals surface area contributed by atoms with Crippen molar-refractivity contribution in [1.82, 2.24) is 0 Å². The standard InChI is InChI=1S/C56H70OSi/c1-34-39-18-9-12-22-44(39)53-38(28-35(29-48(34)53)33-57-58(5,6)56(2,3)4)31-49-42-20-10-14-24-46(42)55-51(49)30-37-17-15-25-40(37)52(55)32-50-43-21-11-13-23-45(43)54-41-19-8-7-16-36(41)26-27-47(50)54/h9-14,18,20-24,26-30,34,39,42-51,53-55H,7-8,15-17,19,25,31-33H2,1-6H3. The third-order valence-electron chi connectivity index (χ3n) is 18.8. The highest BCUT2D eigenvalue weighted by Gasteiger charge is 2.56. The molecular weight excluding hydrogens is 717 g/mol. The monoisotopic (exact) mass is 787 g/mol. The number of hydrogen-bond donors (Lipinski definition) is 0. The van der Waals surface area contributed by atoms with Crippen LogP contribution in [0.15, 0.2) is 142 Å². The van der Waals surface area contributed by atoms with Gasteiger partial charge in [0, 0.05) is 0 Å². The third kappa shape index (κ3) is 5.98. The first-order chi connectivity index (χ1) is 28.1. The topological polar surface area (TPSA) is 9.23 Å². The van der Waals surface area contributed by atoms with Crippen molar-refractivity contribution in [2.24, 2.45) is 88.8 Å². The molecule has 0 bridgehead atoms. The lowest BCUT2D eigenvalue weighted by molar-refractivity contribution is 0.306. The molecule has 2 heteroatoms. The van der Waals surface area contributed by atoms with Crippen molar-refractivity contribution in [1.29, 1.82) is 0 Å². The van der Waals surface area contributed by atoms with Crippen LogP contribution in [-0.2, 0) is 4.43 Å². The predicted molar refractivity (Wildman–Crippen MR) is 245 cm³/mol. The van der Waals surface area contributed by atoms with Gasteiger partial charge in [-0.05, 0) is 187 Å². The van der Waals surface area contributed by atoms with Crippen LogP contribution in [0.3, 0.4) is 0 Å². The molecule has 0 aromatic heterocycles. The van der Waals surface area contributed by atoms with E-state index < -0.39 is 8.32 Å². The number of hydrogen-bond acceptors (Lipinski definition) is 1. The smallest absolute Gasteiger partial charge is 0.192 e. The fourth-order valence-electron chi connectivity index (χ4n) is 15.2. The Morgan fingerprint density at radius 2 is 1.24 bits per heavy atom. The molecule has 11 aliphatic carbocycles. The van der Waals surface area contributed by atoms with Crippen molar-refractivity contribution in [3.8, 4) is 0 Å². The third-order valence-corrected chi connectivity index (χ3v) is 23.3. The number of rotatable bonds is 7. The summed E-state index contributed by atoms with van der Waals surface area (Å²) in [6.45, 7) is 15.3. The maximum atomic E-state index is 7.00. The van der Waals surface area contributed by atoms with Gasteiger partial charge in [0.25, 0.3) is 0 Å². The molecule has 11 rings (SSSR count). The van der Waals surface area contributed by atoms with Gasteiger partial charge in [-0.3, -0.25) is 0 Å². The van der Waals surface area contributed by atoms with Gasteiger partial charge in [0.1, 0.15) is 0 Å². The fraction of sp³-hybridized carbons (Fsp3) is 0.571. The molecule has 0 radical (unpaired) electrons. The van der Waals surface area contributed by atoms with Gasteiger partial charge in [-0.25, -0.2) is 0 Å². The molecule has 4 saturated carbocycles. The predicted octanol–water partition coefficient (Wildman–Crippen LogP) is 14.2. The van der Waals surface area contributed by atoms with Crippen molar-refractivity contribution < 1.29 is 4.43 Å². The molecule has 11 aliphatic rings. The van der Waals surface area contributed by atoms with E-state index in [1.807, 2.05) is 16.7 Å². The van der Waals surface area contributed by atoms with Crippen molar-refractivity contribution in [3.05, 3.63) is 142 Å². The van der Waals surface area contributed by atoms with Crippen LogP contribution in [-0.4, -0.2) is 14.9 Å². The average molecular weight is 787 g/mol. The van der Waals surface area contributed by atoms with E-state index in [4.69, 9.17) is 4.43 Å². The van der Waals surface area contributed by atoms with E-state index in [0.717, 1.165) is 12.5 Å². The molecule has 0 heterocycles. The second-order valence-corrected chi connectivity index (χ2v) is 27.2. The Bertz CT molecular complexity index is 2090. The van der Waals surface area contributed by atoms with Crippen LogP contribution < -0.4 is 0 Å². The molecule has 0 saturated heterocycles. The normalized spacial score (nSPS) is 42.7. The SMILES string of the molecule is CC1C2C=CC=CC2C2C(CC3C4C=CC=CC4C4C(CC5C6C=CC=CC6C6C7=C(C=CC56)CCCC7)=C5CCCC5=CC34)=CC(CO[Si](C)(C)C(C)(C)C)=CC12. The van der Waals surface area contributed by atoms with E-state index in [0.29, 0.717) is 82.9 Å². The summed E-state index contributed by atoms with van der Waals surface area (Å²) >= 11 is 0. The zero-order chi connectivity index (χ0) is 39.5. The molecule has 15 atom stereocenters. The largest absolute Gasteiger partial charge is 0.413 e. The van der Waals surface area contributed by atoms with Crippen molar-refractivity contribution in [3.63, 3.8) is 0 Å². The van der Waals surface area contributed by atoms with E-state index in [2.05, 4.69) is 144 Å². The van der Waals surface area contributed by atoms with Gasteiger partial charge < -0.3 is 4.43 Å². The van der Waals surface area contributed by atoms with E-state index in [9.17, 15) is 0 Å². The Balaban J connectivity index is 0.946.